The van der Waals surface area contributed by atoms with Crippen LogP contribution in [-0.4, -0.2) is 54.2 Å². The number of nitrogens with one attached hydrogen (secondary N) is 1. The van der Waals surface area contributed by atoms with Crippen LogP contribution in [-0.2, 0) is 9.47 Å². The maximum atomic E-state index is 13.8. The number of ether oxygens (including phenoxy) is 2. The summed E-state index contributed by atoms with van der Waals surface area (Å²) in [5, 5.41) is 3.50. The summed E-state index contributed by atoms with van der Waals surface area (Å²) in [5.41, 5.74) is 0.216. The van der Waals surface area contributed by atoms with Crippen LogP contribution in [0, 0.1) is 0 Å². The molecule has 2 atom stereocenters. The van der Waals surface area contributed by atoms with Crippen molar-refractivity contribution < 1.29 is 18.7 Å². The number of anilines is 1. The van der Waals surface area contributed by atoms with Crippen LogP contribution in [0.15, 0.2) is 11.4 Å². The molecule has 2 rings (SSSR count). The maximum absolute atomic E-state index is 13.8. The van der Waals surface area contributed by atoms with Crippen LogP contribution in [0.1, 0.15) is 23.7 Å². The zero-order chi connectivity index (χ0) is 15.2. The molecule has 0 bridgehead atoms. The molecule has 21 heavy (non-hydrogen) atoms. The monoisotopic (exact) mass is 315 g/mol. The van der Waals surface area contributed by atoms with Gasteiger partial charge in [0.15, 0.2) is 5.16 Å². The first-order valence-electron chi connectivity index (χ1n) is 6.72. The van der Waals surface area contributed by atoms with Crippen LogP contribution in [0.3, 0.4) is 0 Å². The lowest BCUT2D eigenvalue weighted by molar-refractivity contribution is 0.0284. The van der Waals surface area contributed by atoms with Gasteiger partial charge in [-0.1, -0.05) is 11.8 Å². The van der Waals surface area contributed by atoms with Crippen molar-refractivity contribution in [1.82, 2.24) is 9.97 Å². The fourth-order valence-corrected chi connectivity index (χ4v) is 2.31. The van der Waals surface area contributed by atoms with E-state index in [0.717, 1.165) is 0 Å². The molecule has 1 N–H and O–H groups in total. The molecule has 1 aliphatic heterocycles. The Morgan fingerprint density at radius 2 is 2.48 bits per heavy atom. The molecule has 1 aliphatic rings. The average Bonchev–Trinajstić information content (AvgIpc) is 2.49. The van der Waals surface area contributed by atoms with Gasteiger partial charge in [-0.2, -0.15) is 0 Å². The third-order valence-corrected chi connectivity index (χ3v) is 3.62. The first-order chi connectivity index (χ1) is 10.2. The molecule has 1 aromatic rings. The molecule has 1 saturated heterocycles. The number of aromatic nitrogens is 2. The van der Waals surface area contributed by atoms with Gasteiger partial charge in [-0.3, -0.25) is 0 Å². The predicted molar refractivity (Wildman–Crippen MR) is 77.5 cm³/mol. The SMILES string of the molecule is CCOC(=O)c1cnc(SC)nc1NC1CCOCC1F. The standard InChI is InChI=1S/C13H18FN3O3S/c1-3-20-12(18)8-6-15-13(21-2)17-11(8)16-10-4-5-19-7-9(10)14/h6,9-10H,3-5,7H2,1-2H3,(H,15,16,17). The normalized spacial score (nSPS) is 21.9. The molecule has 0 aliphatic carbocycles. The highest BCUT2D eigenvalue weighted by atomic mass is 32.2. The van der Waals surface area contributed by atoms with Gasteiger partial charge in [-0.05, 0) is 19.6 Å². The highest BCUT2D eigenvalue weighted by molar-refractivity contribution is 7.98. The Balaban J connectivity index is 2.23. The van der Waals surface area contributed by atoms with Crippen LogP contribution in [0.4, 0.5) is 10.2 Å². The number of rotatable bonds is 5. The Morgan fingerprint density at radius 3 is 3.14 bits per heavy atom. The number of alkyl halides is 1. The molecular weight excluding hydrogens is 297 g/mol. The van der Waals surface area contributed by atoms with E-state index in [1.807, 2.05) is 6.26 Å². The zero-order valence-electron chi connectivity index (χ0n) is 12.0. The lowest BCUT2D eigenvalue weighted by atomic mass is 10.1. The molecule has 0 spiro atoms. The van der Waals surface area contributed by atoms with Gasteiger partial charge in [-0.15, -0.1) is 0 Å². The van der Waals surface area contributed by atoms with Gasteiger partial charge < -0.3 is 14.8 Å². The molecule has 116 valence electrons. The second-order valence-corrected chi connectivity index (χ2v) is 5.24. The smallest absolute Gasteiger partial charge is 0.343 e. The molecule has 0 aromatic carbocycles. The molecule has 0 saturated carbocycles. The van der Waals surface area contributed by atoms with Crippen molar-refractivity contribution in [3.8, 4) is 0 Å². The van der Waals surface area contributed by atoms with E-state index in [2.05, 4.69) is 15.3 Å². The van der Waals surface area contributed by atoms with Gasteiger partial charge >= 0.3 is 5.97 Å². The Bertz CT molecular complexity index is 504. The highest BCUT2D eigenvalue weighted by Crippen LogP contribution is 2.22. The summed E-state index contributed by atoms with van der Waals surface area (Å²) < 4.78 is 23.9. The second kappa shape index (κ2) is 7.56. The molecule has 0 amide bonds. The molecule has 0 radical (unpaired) electrons. The molecule has 1 aromatic heterocycles. The minimum absolute atomic E-state index is 0.0485. The van der Waals surface area contributed by atoms with E-state index in [0.29, 0.717) is 24.0 Å². The average molecular weight is 315 g/mol. The summed E-state index contributed by atoms with van der Waals surface area (Å²) in [6.45, 7) is 2.50. The lowest BCUT2D eigenvalue weighted by Crippen LogP contribution is -2.39. The Labute approximate surface area is 126 Å². The summed E-state index contributed by atoms with van der Waals surface area (Å²) in [6.07, 6.45) is 2.62. The number of thioether (sulfide) groups is 1. The van der Waals surface area contributed by atoms with E-state index in [1.54, 1.807) is 6.92 Å². The summed E-state index contributed by atoms with van der Waals surface area (Å²) in [6, 6.07) is -0.434. The van der Waals surface area contributed by atoms with Crippen LogP contribution >= 0.6 is 11.8 Å². The van der Waals surface area contributed by atoms with Crippen LogP contribution in [0.2, 0.25) is 0 Å². The van der Waals surface area contributed by atoms with E-state index >= 15 is 0 Å². The summed E-state index contributed by atoms with van der Waals surface area (Å²) in [4.78, 5) is 20.2. The van der Waals surface area contributed by atoms with Gasteiger partial charge in [0, 0.05) is 12.8 Å². The number of nitrogens with zero attached hydrogens (tertiary/aromatic N) is 2. The summed E-state index contributed by atoms with van der Waals surface area (Å²) in [5.74, 6) is -0.211. The Hall–Kier alpha value is -1.41. The predicted octanol–water partition coefficient (Wildman–Crippen LogP) is 1.91. The zero-order valence-corrected chi connectivity index (χ0v) is 12.8. The first-order valence-corrected chi connectivity index (χ1v) is 7.94. The van der Waals surface area contributed by atoms with Crippen molar-refractivity contribution in [2.24, 2.45) is 0 Å². The fourth-order valence-electron chi connectivity index (χ4n) is 1.97. The van der Waals surface area contributed by atoms with Crippen LogP contribution in [0.25, 0.3) is 0 Å². The van der Waals surface area contributed by atoms with E-state index in [9.17, 15) is 9.18 Å². The van der Waals surface area contributed by atoms with Crippen LogP contribution < -0.4 is 5.32 Å². The van der Waals surface area contributed by atoms with E-state index in [1.165, 1.54) is 18.0 Å². The molecule has 2 heterocycles. The quantitative estimate of drug-likeness (QED) is 0.505. The maximum Gasteiger partial charge on any atom is 0.343 e. The van der Waals surface area contributed by atoms with E-state index in [4.69, 9.17) is 9.47 Å². The van der Waals surface area contributed by atoms with Gasteiger partial charge in [0.2, 0.25) is 0 Å². The van der Waals surface area contributed by atoms with E-state index in [-0.39, 0.29) is 18.8 Å². The second-order valence-electron chi connectivity index (χ2n) is 4.47. The van der Waals surface area contributed by atoms with Gasteiger partial charge in [-0.25, -0.2) is 19.2 Å². The summed E-state index contributed by atoms with van der Waals surface area (Å²) in [7, 11) is 0. The molecule has 6 nitrogen and oxygen atoms in total. The Kier molecular flexibility index (Phi) is 5.75. The number of esters is 1. The molecule has 2 unspecified atom stereocenters. The fraction of sp³-hybridized carbons (Fsp3) is 0.615. The van der Waals surface area contributed by atoms with Crippen molar-refractivity contribution in [3.63, 3.8) is 0 Å². The van der Waals surface area contributed by atoms with Crippen LogP contribution in [0.5, 0.6) is 0 Å². The Morgan fingerprint density at radius 1 is 1.67 bits per heavy atom. The molecular formula is C13H18FN3O3S. The third kappa shape index (κ3) is 4.04. The van der Waals surface area contributed by atoms with Crippen molar-refractivity contribution in [3.05, 3.63) is 11.8 Å². The number of hydrogen-bond acceptors (Lipinski definition) is 7. The van der Waals surface area contributed by atoms with Crippen molar-refractivity contribution in [1.29, 1.82) is 0 Å². The minimum Gasteiger partial charge on any atom is -0.462 e. The van der Waals surface area contributed by atoms with Gasteiger partial charge in [0.25, 0.3) is 0 Å². The lowest BCUT2D eigenvalue weighted by Gasteiger charge is -2.27. The van der Waals surface area contributed by atoms with Gasteiger partial charge in [0.05, 0.1) is 19.3 Å². The van der Waals surface area contributed by atoms with Crippen molar-refractivity contribution in [2.45, 2.75) is 30.7 Å². The van der Waals surface area contributed by atoms with Gasteiger partial charge in [0.1, 0.15) is 17.6 Å². The highest BCUT2D eigenvalue weighted by Gasteiger charge is 2.27. The first kappa shape index (κ1) is 16.0. The molecule has 1 fully saturated rings. The summed E-state index contributed by atoms with van der Waals surface area (Å²) >= 11 is 1.35. The largest absolute Gasteiger partial charge is 0.462 e. The topological polar surface area (TPSA) is 73.3 Å². The van der Waals surface area contributed by atoms with E-state index < -0.39 is 18.2 Å². The number of carbonyl (C=O) groups is 1. The number of hydrogen-bond donors (Lipinski definition) is 1. The van der Waals surface area contributed by atoms with Crippen molar-refractivity contribution >= 4 is 23.5 Å². The number of halogens is 1. The van der Waals surface area contributed by atoms with Crippen molar-refractivity contribution in [2.75, 3.05) is 31.4 Å². The number of carbonyl (C=O) groups excluding carboxylic acids is 1. The minimum atomic E-state index is -1.14. The third-order valence-electron chi connectivity index (χ3n) is 3.05. The molecule has 8 heteroatoms.